The summed E-state index contributed by atoms with van der Waals surface area (Å²) in [4.78, 5) is 8.13. The van der Waals surface area contributed by atoms with Crippen molar-refractivity contribution in [3.8, 4) is 17.1 Å². The average Bonchev–Trinajstić information content (AvgIpc) is 2.42. The molecule has 0 unspecified atom stereocenters. The molecule has 0 saturated carbocycles. The fourth-order valence-corrected chi connectivity index (χ4v) is 1.32. The van der Waals surface area contributed by atoms with Crippen molar-refractivity contribution in [2.24, 2.45) is 0 Å². The van der Waals surface area contributed by atoms with Gasteiger partial charge in [-0.2, -0.15) is 0 Å². The quantitative estimate of drug-likeness (QED) is 0.792. The molecule has 0 aliphatic heterocycles. The van der Waals surface area contributed by atoms with E-state index >= 15 is 0 Å². The van der Waals surface area contributed by atoms with Crippen molar-refractivity contribution >= 4 is 0 Å². The molecule has 2 aromatic rings. The largest absolute Gasteiger partial charge is 0.467 e. The van der Waals surface area contributed by atoms with E-state index in [1.54, 1.807) is 19.5 Å². The number of hydrogen-bond acceptors (Lipinski definition) is 3. The minimum absolute atomic E-state index is 0.394. The van der Waals surface area contributed by atoms with Gasteiger partial charge in [0, 0.05) is 18.0 Å². The van der Waals surface area contributed by atoms with Crippen LogP contribution in [-0.2, 0) is 0 Å². The predicted octanol–water partition coefficient (Wildman–Crippen LogP) is 3.49. The molecule has 0 spiro atoms. The number of aryl methyl sites for hydroxylation is 1. The highest BCUT2D eigenvalue weighted by molar-refractivity contribution is 5.61. The normalized spacial score (nSPS) is 9.18. The van der Waals surface area contributed by atoms with Crippen LogP contribution in [-0.4, -0.2) is 17.1 Å². The van der Waals surface area contributed by atoms with Crippen molar-refractivity contribution in [1.82, 2.24) is 9.97 Å². The number of nitrogens with zero attached hydrogens (tertiary/aromatic N) is 2. The molecular formula is C14H18N2O. The van der Waals surface area contributed by atoms with Gasteiger partial charge in [-0.1, -0.05) is 43.7 Å². The van der Waals surface area contributed by atoms with E-state index in [1.165, 1.54) is 5.56 Å². The molecule has 3 heteroatoms. The SMILES string of the molecule is CC.COc1ncc(-c2ccc(C)cc2)cn1. The number of rotatable bonds is 2. The van der Waals surface area contributed by atoms with Crippen molar-refractivity contribution in [3.63, 3.8) is 0 Å². The van der Waals surface area contributed by atoms with Crippen LogP contribution in [0, 0.1) is 6.92 Å². The predicted molar refractivity (Wildman–Crippen MR) is 70.1 cm³/mol. The number of benzene rings is 1. The Hall–Kier alpha value is -1.90. The van der Waals surface area contributed by atoms with Crippen LogP contribution in [0.25, 0.3) is 11.1 Å². The second kappa shape index (κ2) is 6.63. The molecule has 0 bridgehead atoms. The van der Waals surface area contributed by atoms with Crippen LogP contribution in [0.15, 0.2) is 36.7 Å². The molecule has 0 amide bonds. The van der Waals surface area contributed by atoms with Crippen molar-refractivity contribution in [3.05, 3.63) is 42.2 Å². The average molecular weight is 230 g/mol. The molecule has 0 fully saturated rings. The maximum absolute atomic E-state index is 4.90. The van der Waals surface area contributed by atoms with E-state index in [9.17, 15) is 0 Å². The van der Waals surface area contributed by atoms with E-state index < -0.39 is 0 Å². The summed E-state index contributed by atoms with van der Waals surface area (Å²) in [6.45, 7) is 6.06. The molecule has 17 heavy (non-hydrogen) atoms. The Morgan fingerprint density at radius 2 is 1.41 bits per heavy atom. The molecule has 3 nitrogen and oxygen atoms in total. The smallest absolute Gasteiger partial charge is 0.316 e. The van der Waals surface area contributed by atoms with Crippen LogP contribution < -0.4 is 4.74 Å². The van der Waals surface area contributed by atoms with Gasteiger partial charge in [-0.15, -0.1) is 0 Å². The molecular weight excluding hydrogens is 212 g/mol. The van der Waals surface area contributed by atoms with Gasteiger partial charge in [0.15, 0.2) is 0 Å². The molecule has 0 atom stereocenters. The lowest BCUT2D eigenvalue weighted by Crippen LogP contribution is -1.91. The Kier molecular flexibility index (Phi) is 5.14. The maximum Gasteiger partial charge on any atom is 0.316 e. The van der Waals surface area contributed by atoms with Gasteiger partial charge in [-0.05, 0) is 12.5 Å². The van der Waals surface area contributed by atoms with Gasteiger partial charge in [0.25, 0.3) is 0 Å². The third-order valence-electron chi connectivity index (χ3n) is 2.20. The van der Waals surface area contributed by atoms with Crippen molar-refractivity contribution in [2.45, 2.75) is 20.8 Å². The minimum atomic E-state index is 0.394. The summed E-state index contributed by atoms with van der Waals surface area (Å²) in [5, 5.41) is 0. The van der Waals surface area contributed by atoms with Gasteiger partial charge in [0.1, 0.15) is 0 Å². The second-order valence-corrected chi connectivity index (χ2v) is 3.32. The highest BCUT2D eigenvalue weighted by atomic mass is 16.5. The van der Waals surface area contributed by atoms with Gasteiger partial charge in [0.2, 0.25) is 0 Å². The number of aromatic nitrogens is 2. The second-order valence-electron chi connectivity index (χ2n) is 3.32. The number of ether oxygens (including phenoxy) is 1. The summed E-state index contributed by atoms with van der Waals surface area (Å²) in [5.74, 6) is 0. The van der Waals surface area contributed by atoms with Gasteiger partial charge in [-0.3, -0.25) is 0 Å². The monoisotopic (exact) mass is 230 g/mol. The summed E-state index contributed by atoms with van der Waals surface area (Å²) in [7, 11) is 1.56. The van der Waals surface area contributed by atoms with E-state index in [2.05, 4.69) is 41.2 Å². The maximum atomic E-state index is 4.90. The zero-order chi connectivity index (χ0) is 12.7. The van der Waals surface area contributed by atoms with Crippen molar-refractivity contribution in [2.75, 3.05) is 7.11 Å². The van der Waals surface area contributed by atoms with Crippen LogP contribution in [0.1, 0.15) is 19.4 Å². The van der Waals surface area contributed by atoms with Gasteiger partial charge < -0.3 is 4.74 Å². The lowest BCUT2D eigenvalue weighted by Gasteiger charge is -2.02. The zero-order valence-corrected chi connectivity index (χ0v) is 10.8. The Bertz CT molecular complexity index is 435. The standard InChI is InChI=1S/C12H12N2O.C2H6/c1-9-3-5-10(6-4-9)11-7-13-12(15-2)14-8-11;1-2/h3-8H,1-2H3;1-2H3. The van der Waals surface area contributed by atoms with E-state index in [4.69, 9.17) is 4.74 Å². The summed E-state index contributed by atoms with van der Waals surface area (Å²) in [5.41, 5.74) is 3.35. The van der Waals surface area contributed by atoms with Crippen LogP contribution in [0.5, 0.6) is 6.01 Å². The number of hydrogen-bond donors (Lipinski definition) is 0. The van der Waals surface area contributed by atoms with E-state index in [1.807, 2.05) is 13.8 Å². The highest BCUT2D eigenvalue weighted by Crippen LogP contribution is 2.18. The third-order valence-corrected chi connectivity index (χ3v) is 2.20. The van der Waals surface area contributed by atoms with Gasteiger partial charge in [-0.25, -0.2) is 9.97 Å². The molecule has 90 valence electrons. The summed E-state index contributed by atoms with van der Waals surface area (Å²) in [6, 6.07) is 8.64. The molecule has 0 radical (unpaired) electrons. The van der Waals surface area contributed by atoms with E-state index in [0.717, 1.165) is 11.1 Å². The molecule has 2 rings (SSSR count). The fraction of sp³-hybridized carbons (Fsp3) is 0.286. The van der Waals surface area contributed by atoms with Crippen LogP contribution >= 0.6 is 0 Å². The lowest BCUT2D eigenvalue weighted by molar-refractivity contribution is 0.380. The summed E-state index contributed by atoms with van der Waals surface area (Å²) >= 11 is 0. The van der Waals surface area contributed by atoms with E-state index in [-0.39, 0.29) is 0 Å². The highest BCUT2D eigenvalue weighted by Gasteiger charge is 1.99. The minimum Gasteiger partial charge on any atom is -0.467 e. The first-order valence-electron chi connectivity index (χ1n) is 5.72. The molecule has 0 N–H and O–H groups in total. The molecule has 1 heterocycles. The molecule has 0 aliphatic rings. The van der Waals surface area contributed by atoms with Gasteiger partial charge >= 0.3 is 6.01 Å². The Morgan fingerprint density at radius 3 is 1.88 bits per heavy atom. The lowest BCUT2D eigenvalue weighted by atomic mass is 10.1. The van der Waals surface area contributed by atoms with Crippen LogP contribution in [0.2, 0.25) is 0 Å². The molecule has 1 aromatic heterocycles. The number of methoxy groups -OCH3 is 1. The molecule has 0 aliphatic carbocycles. The first-order valence-corrected chi connectivity index (χ1v) is 5.72. The first-order chi connectivity index (χ1) is 8.29. The topological polar surface area (TPSA) is 35.0 Å². The van der Waals surface area contributed by atoms with Gasteiger partial charge in [0.05, 0.1) is 7.11 Å². The third kappa shape index (κ3) is 3.55. The van der Waals surface area contributed by atoms with E-state index in [0.29, 0.717) is 6.01 Å². The Morgan fingerprint density at radius 1 is 0.882 bits per heavy atom. The zero-order valence-electron chi connectivity index (χ0n) is 10.8. The fourth-order valence-electron chi connectivity index (χ4n) is 1.32. The van der Waals surface area contributed by atoms with Crippen molar-refractivity contribution in [1.29, 1.82) is 0 Å². The summed E-state index contributed by atoms with van der Waals surface area (Å²) in [6.07, 6.45) is 3.52. The van der Waals surface area contributed by atoms with Crippen molar-refractivity contribution < 1.29 is 4.74 Å². The van der Waals surface area contributed by atoms with Crippen LogP contribution in [0.3, 0.4) is 0 Å². The van der Waals surface area contributed by atoms with Crippen LogP contribution in [0.4, 0.5) is 0 Å². The molecule has 1 aromatic carbocycles. The summed E-state index contributed by atoms with van der Waals surface area (Å²) < 4.78 is 4.90. The molecule has 0 saturated heterocycles. The Labute approximate surface area is 103 Å². The first kappa shape index (κ1) is 13.2. The Balaban J connectivity index is 0.000000686.